The third kappa shape index (κ3) is 5.48. The SMILES string of the molecule is COc1ccc(C(C)=O)cc1COC(=O)CCc1ccc(OC)c(OC)c1. The van der Waals surface area contributed by atoms with Gasteiger partial charge in [-0.05, 0) is 49.2 Å². The third-order valence-corrected chi connectivity index (χ3v) is 4.14. The van der Waals surface area contributed by atoms with Gasteiger partial charge < -0.3 is 18.9 Å². The molecular weight excluding hydrogens is 348 g/mol. The van der Waals surface area contributed by atoms with Crippen molar-refractivity contribution in [2.45, 2.75) is 26.4 Å². The van der Waals surface area contributed by atoms with Gasteiger partial charge in [-0.1, -0.05) is 6.07 Å². The standard InChI is InChI=1S/C21H24O6/c1-14(22)16-7-9-18(24-2)17(12-16)13-27-21(23)10-6-15-5-8-19(25-3)20(11-15)26-4/h5,7-9,11-12H,6,10,13H2,1-4H3. The van der Waals surface area contributed by atoms with Crippen LogP contribution in [0.5, 0.6) is 17.2 Å². The van der Waals surface area contributed by atoms with Crippen molar-refractivity contribution in [2.75, 3.05) is 21.3 Å². The average molecular weight is 372 g/mol. The number of carbonyl (C=O) groups is 2. The van der Waals surface area contributed by atoms with Crippen LogP contribution in [0.2, 0.25) is 0 Å². The maximum Gasteiger partial charge on any atom is 0.306 e. The summed E-state index contributed by atoms with van der Waals surface area (Å²) < 4.78 is 21.1. The predicted molar refractivity (Wildman–Crippen MR) is 101 cm³/mol. The van der Waals surface area contributed by atoms with Gasteiger partial charge in [-0.15, -0.1) is 0 Å². The van der Waals surface area contributed by atoms with Crippen molar-refractivity contribution in [2.24, 2.45) is 0 Å². The number of hydrogen-bond acceptors (Lipinski definition) is 6. The van der Waals surface area contributed by atoms with Gasteiger partial charge in [0.25, 0.3) is 0 Å². The van der Waals surface area contributed by atoms with Crippen LogP contribution in [0, 0.1) is 0 Å². The van der Waals surface area contributed by atoms with Crippen LogP contribution in [-0.2, 0) is 22.6 Å². The Morgan fingerprint density at radius 1 is 0.852 bits per heavy atom. The van der Waals surface area contributed by atoms with E-state index in [1.807, 2.05) is 12.1 Å². The van der Waals surface area contributed by atoms with E-state index in [2.05, 4.69) is 0 Å². The lowest BCUT2D eigenvalue weighted by atomic mass is 10.1. The summed E-state index contributed by atoms with van der Waals surface area (Å²) in [4.78, 5) is 23.6. The van der Waals surface area contributed by atoms with E-state index in [1.165, 1.54) is 14.0 Å². The van der Waals surface area contributed by atoms with Crippen molar-refractivity contribution in [3.63, 3.8) is 0 Å². The molecule has 0 aliphatic heterocycles. The Morgan fingerprint density at radius 2 is 1.52 bits per heavy atom. The Kier molecular flexibility index (Phi) is 7.23. The highest BCUT2D eigenvalue weighted by Gasteiger charge is 2.11. The van der Waals surface area contributed by atoms with Crippen LogP contribution in [0.1, 0.15) is 34.8 Å². The van der Waals surface area contributed by atoms with E-state index >= 15 is 0 Å². The molecule has 144 valence electrons. The highest BCUT2D eigenvalue weighted by Crippen LogP contribution is 2.28. The summed E-state index contributed by atoms with van der Waals surface area (Å²) in [7, 11) is 4.67. The van der Waals surface area contributed by atoms with Crippen molar-refractivity contribution in [1.29, 1.82) is 0 Å². The fourth-order valence-corrected chi connectivity index (χ4v) is 2.62. The lowest BCUT2D eigenvalue weighted by molar-refractivity contribution is -0.144. The van der Waals surface area contributed by atoms with E-state index < -0.39 is 0 Å². The summed E-state index contributed by atoms with van der Waals surface area (Å²) in [6.07, 6.45) is 0.744. The normalized spacial score (nSPS) is 10.2. The minimum atomic E-state index is -0.333. The molecule has 0 aliphatic carbocycles. The molecule has 2 aromatic carbocycles. The second-order valence-corrected chi connectivity index (χ2v) is 5.93. The van der Waals surface area contributed by atoms with Crippen LogP contribution in [0.25, 0.3) is 0 Å². The number of rotatable bonds is 9. The lowest BCUT2D eigenvalue weighted by Gasteiger charge is -2.11. The highest BCUT2D eigenvalue weighted by molar-refractivity contribution is 5.94. The van der Waals surface area contributed by atoms with E-state index in [1.54, 1.807) is 38.5 Å². The van der Waals surface area contributed by atoms with E-state index in [9.17, 15) is 9.59 Å². The van der Waals surface area contributed by atoms with Gasteiger partial charge in [0, 0.05) is 17.5 Å². The Labute approximate surface area is 159 Å². The van der Waals surface area contributed by atoms with Gasteiger partial charge in [-0.2, -0.15) is 0 Å². The number of ketones is 1. The minimum Gasteiger partial charge on any atom is -0.496 e. The number of aryl methyl sites for hydroxylation is 1. The summed E-state index contributed by atoms with van der Waals surface area (Å²) in [5, 5.41) is 0. The van der Waals surface area contributed by atoms with Crippen molar-refractivity contribution < 1.29 is 28.5 Å². The molecule has 0 aliphatic rings. The number of esters is 1. The van der Waals surface area contributed by atoms with Crippen molar-refractivity contribution in [3.05, 3.63) is 53.1 Å². The highest BCUT2D eigenvalue weighted by atomic mass is 16.5. The molecule has 0 heterocycles. The molecule has 0 saturated carbocycles. The number of hydrogen-bond donors (Lipinski definition) is 0. The van der Waals surface area contributed by atoms with Crippen LogP contribution in [-0.4, -0.2) is 33.1 Å². The van der Waals surface area contributed by atoms with Crippen LogP contribution in [0.3, 0.4) is 0 Å². The molecule has 0 fully saturated rings. The Bertz CT molecular complexity index is 812. The van der Waals surface area contributed by atoms with E-state index in [4.69, 9.17) is 18.9 Å². The van der Waals surface area contributed by atoms with Gasteiger partial charge in [0.2, 0.25) is 0 Å². The first-order chi connectivity index (χ1) is 13.0. The molecule has 0 bridgehead atoms. The molecule has 0 radical (unpaired) electrons. The largest absolute Gasteiger partial charge is 0.496 e. The monoisotopic (exact) mass is 372 g/mol. The number of benzene rings is 2. The molecule has 0 spiro atoms. The minimum absolute atomic E-state index is 0.0507. The maximum absolute atomic E-state index is 12.1. The molecular formula is C21H24O6. The lowest BCUT2D eigenvalue weighted by Crippen LogP contribution is -2.07. The Hall–Kier alpha value is -3.02. The van der Waals surface area contributed by atoms with E-state index in [0.29, 0.717) is 34.8 Å². The van der Waals surface area contributed by atoms with E-state index in [0.717, 1.165) is 5.56 Å². The summed E-state index contributed by atoms with van der Waals surface area (Å²) in [6, 6.07) is 10.6. The zero-order chi connectivity index (χ0) is 19.8. The van der Waals surface area contributed by atoms with Crippen molar-refractivity contribution in [3.8, 4) is 17.2 Å². The molecule has 2 aromatic rings. The first-order valence-electron chi connectivity index (χ1n) is 8.52. The molecule has 0 amide bonds. The smallest absolute Gasteiger partial charge is 0.306 e. The topological polar surface area (TPSA) is 71.1 Å². The Morgan fingerprint density at radius 3 is 2.15 bits per heavy atom. The van der Waals surface area contributed by atoms with Crippen LogP contribution >= 0.6 is 0 Å². The number of ether oxygens (including phenoxy) is 4. The van der Waals surface area contributed by atoms with Gasteiger partial charge >= 0.3 is 5.97 Å². The van der Waals surface area contributed by atoms with Gasteiger partial charge in [-0.25, -0.2) is 0 Å². The molecule has 6 nitrogen and oxygen atoms in total. The molecule has 0 unspecified atom stereocenters. The molecule has 0 atom stereocenters. The maximum atomic E-state index is 12.1. The average Bonchev–Trinajstić information content (AvgIpc) is 2.69. The molecule has 27 heavy (non-hydrogen) atoms. The van der Waals surface area contributed by atoms with Crippen LogP contribution in [0.4, 0.5) is 0 Å². The van der Waals surface area contributed by atoms with Gasteiger partial charge in [0.15, 0.2) is 17.3 Å². The van der Waals surface area contributed by atoms with Crippen LogP contribution < -0.4 is 14.2 Å². The van der Waals surface area contributed by atoms with Crippen LogP contribution in [0.15, 0.2) is 36.4 Å². The first-order valence-corrected chi connectivity index (χ1v) is 8.52. The van der Waals surface area contributed by atoms with Crippen molar-refractivity contribution >= 4 is 11.8 Å². The summed E-state index contributed by atoms with van der Waals surface area (Å²) >= 11 is 0. The molecule has 0 N–H and O–H groups in total. The molecule has 0 saturated heterocycles. The number of Topliss-reactive ketones (excluding diaryl/α,β-unsaturated/α-hetero) is 1. The summed E-state index contributed by atoms with van der Waals surface area (Å²) in [5.74, 6) is 1.45. The summed E-state index contributed by atoms with van der Waals surface area (Å²) in [6.45, 7) is 1.54. The number of carbonyl (C=O) groups excluding carboxylic acids is 2. The molecule has 6 heteroatoms. The fraction of sp³-hybridized carbons (Fsp3) is 0.333. The zero-order valence-corrected chi connectivity index (χ0v) is 16.0. The predicted octanol–water partition coefficient (Wildman–Crippen LogP) is 3.59. The summed E-state index contributed by atoms with van der Waals surface area (Å²) in [5.41, 5.74) is 2.15. The number of methoxy groups -OCH3 is 3. The Balaban J connectivity index is 1.95. The first kappa shape index (κ1) is 20.3. The quantitative estimate of drug-likeness (QED) is 0.495. The van der Waals surface area contributed by atoms with Gasteiger partial charge in [0.05, 0.1) is 21.3 Å². The van der Waals surface area contributed by atoms with Crippen molar-refractivity contribution in [1.82, 2.24) is 0 Å². The second-order valence-electron chi connectivity index (χ2n) is 5.93. The molecule has 2 rings (SSSR count). The fourth-order valence-electron chi connectivity index (χ4n) is 2.62. The molecule has 0 aromatic heterocycles. The van der Waals surface area contributed by atoms with Gasteiger partial charge in [-0.3, -0.25) is 9.59 Å². The third-order valence-electron chi connectivity index (χ3n) is 4.14. The van der Waals surface area contributed by atoms with Gasteiger partial charge in [0.1, 0.15) is 12.4 Å². The van der Waals surface area contributed by atoms with E-state index in [-0.39, 0.29) is 24.8 Å². The second kappa shape index (κ2) is 9.62. The zero-order valence-electron chi connectivity index (χ0n) is 16.0.